The third-order valence-corrected chi connectivity index (χ3v) is 6.25. The summed E-state index contributed by atoms with van der Waals surface area (Å²) in [5.74, 6) is 1.04. The molecule has 5 rings (SSSR count). The number of hydrogen-bond donors (Lipinski definition) is 1. The number of carbonyl (C=O) groups excluding carboxylic acids is 1. The Morgan fingerprint density at radius 3 is 2.52 bits per heavy atom. The number of aryl methyl sites for hydroxylation is 1. The molecule has 0 saturated carbocycles. The van der Waals surface area contributed by atoms with Crippen molar-refractivity contribution in [1.82, 2.24) is 25.0 Å². The molecule has 1 N–H and O–H groups in total. The van der Waals surface area contributed by atoms with Crippen molar-refractivity contribution in [2.24, 2.45) is 0 Å². The first-order valence-electron chi connectivity index (χ1n) is 10.8. The molecule has 33 heavy (non-hydrogen) atoms. The molecule has 9 nitrogen and oxygen atoms in total. The van der Waals surface area contributed by atoms with E-state index < -0.39 is 0 Å². The molecule has 2 aromatic heterocycles. The fourth-order valence-electron chi connectivity index (χ4n) is 3.65. The Labute approximate surface area is 195 Å². The Morgan fingerprint density at radius 2 is 1.76 bits per heavy atom. The third-order valence-electron chi connectivity index (χ3n) is 5.32. The van der Waals surface area contributed by atoms with Crippen molar-refractivity contribution in [3.8, 4) is 17.1 Å². The van der Waals surface area contributed by atoms with Gasteiger partial charge >= 0.3 is 6.01 Å². The third kappa shape index (κ3) is 4.75. The van der Waals surface area contributed by atoms with Crippen molar-refractivity contribution in [1.29, 1.82) is 0 Å². The van der Waals surface area contributed by atoms with Crippen LogP contribution in [0.4, 0.5) is 12.0 Å². The summed E-state index contributed by atoms with van der Waals surface area (Å²) in [6, 6.07) is 17.7. The molecule has 1 amide bonds. The lowest BCUT2D eigenvalue weighted by Gasteiger charge is -2.18. The molecule has 1 aliphatic heterocycles. The second kappa shape index (κ2) is 9.45. The monoisotopic (exact) mass is 461 g/mol. The molecule has 0 unspecified atom stereocenters. The van der Waals surface area contributed by atoms with Crippen LogP contribution in [0.3, 0.4) is 0 Å². The zero-order valence-corrected chi connectivity index (χ0v) is 19.0. The maximum Gasteiger partial charge on any atom is 0.322 e. The molecule has 3 heterocycles. The van der Waals surface area contributed by atoms with Gasteiger partial charge in [-0.05, 0) is 44.0 Å². The molecule has 1 saturated heterocycles. The van der Waals surface area contributed by atoms with Crippen molar-refractivity contribution in [3.63, 3.8) is 0 Å². The second-order valence-electron chi connectivity index (χ2n) is 7.76. The summed E-state index contributed by atoms with van der Waals surface area (Å²) < 4.78 is 7.58. The number of aromatic nitrogens is 5. The summed E-state index contributed by atoms with van der Waals surface area (Å²) >= 11 is 1.32. The van der Waals surface area contributed by atoms with Crippen LogP contribution in [0.15, 0.2) is 64.2 Å². The van der Waals surface area contributed by atoms with Gasteiger partial charge in [-0.2, -0.15) is 0 Å². The molecule has 2 aromatic carbocycles. The zero-order chi connectivity index (χ0) is 22.6. The Morgan fingerprint density at radius 1 is 1.00 bits per heavy atom. The summed E-state index contributed by atoms with van der Waals surface area (Å²) in [5, 5.41) is 20.1. The molecule has 168 valence electrons. The summed E-state index contributed by atoms with van der Waals surface area (Å²) in [7, 11) is 0. The molecular weight excluding hydrogens is 438 g/mol. The van der Waals surface area contributed by atoms with E-state index in [0.717, 1.165) is 43.1 Å². The molecule has 1 fully saturated rings. The summed E-state index contributed by atoms with van der Waals surface area (Å²) in [6.45, 7) is 3.96. The Bertz CT molecular complexity index is 1230. The van der Waals surface area contributed by atoms with Gasteiger partial charge in [0, 0.05) is 18.7 Å². The summed E-state index contributed by atoms with van der Waals surface area (Å²) in [6.07, 6.45) is 2.28. The highest BCUT2D eigenvalue weighted by atomic mass is 32.2. The predicted molar refractivity (Wildman–Crippen MR) is 127 cm³/mol. The highest BCUT2D eigenvalue weighted by Gasteiger charge is 2.23. The number of nitrogens with one attached hydrogen (secondary N) is 1. The van der Waals surface area contributed by atoms with Crippen LogP contribution in [0.5, 0.6) is 0 Å². The number of hydrogen-bond acceptors (Lipinski definition) is 8. The lowest BCUT2D eigenvalue weighted by atomic mass is 10.2. The van der Waals surface area contributed by atoms with Gasteiger partial charge in [-0.1, -0.05) is 52.8 Å². The molecule has 0 radical (unpaired) electrons. The summed E-state index contributed by atoms with van der Waals surface area (Å²) in [4.78, 5) is 14.8. The molecule has 4 aromatic rings. The van der Waals surface area contributed by atoms with E-state index in [1.54, 1.807) is 0 Å². The van der Waals surface area contributed by atoms with E-state index in [9.17, 15) is 4.79 Å². The standard InChI is InChI=1S/C23H23N7O2S/c1-16-9-11-18(12-10-16)30-22(29-13-5-6-14-29)27-28-23(30)33-15-19(31)24-21-26-25-20(32-21)17-7-3-2-4-8-17/h2-4,7-12H,5-6,13-15H2,1H3,(H,24,26,31). The van der Waals surface area contributed by atoms with Gasteiger partial charge in [0.25, 0.3) is 0 Å². The first kappa shape index (κ1) is 21.2. The number of amides is 1. The lowest BCUT2D eigenvalue weighted by molar-refractivity contribution is -0.113. The van der Waals surface area contributed by atoms with Crippen LogP contribution in [-0.4, -0.2) is 49.7 Å². The molecule has 0 spiro atoms. The van der Waals surface area contributed by atoms with Gasteiger partial charge in [0.1, 0.15) is 0 Å². The van der Waals surface area contributed by atoms with Crippen molar-refractivity contribution in [2.45, 2.75) is 24.9 Å². The average Bonchev–Trinajstić information content (AvgIpc) is 3.60. The second-order valence-corrected chi connectivity index (χ2v) is 8.71. The highest BCUT2D eigenvalue weighted by Crippen LogP contribution is 2.29. The quantitative estimate of drug-likeness (QED) is 0.413. The van der Waals surface area contributed by atoms with Crippen LogP contribution < -0.4 is 10.2 Å². The normalized spacial score (nSPS) is 13.4. The fourth-order valence-corrected chi connectivity index (χ4v) is 4.40. The van der Waals surface area contributed by atoms with Gasteiger partial charge in [0.2, 0.25) is 17.7 Å². The largest absolute Gasteiger partial charge is 0.403 e. The highest BCUT2D eigenvalue weighted by molar-refractivity contribution is 7.99. The van der Waals surface area contributed by atoms with Gasteiger partial charge < -0.3 is 9.32 Å². The number of rotatable bonds is 7. The van der Waals surface area contributed by atoms with Crippen molar-refractivity contribution in [2.75, 3.05) is 29.1 Å². The van der Waals surface area contributed by atoms with E-state index in [1.165, 1.54) is 17.3 Å². The molecular formula is C23H23N7O2S. The first-order chi connectivity index (χ1) is 16.2. The average molecular weight is 462 g/mol. The van der Waals surface area contributed by atoms with Crippen LogP contribution in [0.1, 0.15) is 18.4 Å². The maximum absolute atomic E-state index is 12.6. The van der Waals surface area contributed by atoms with Gasteiger partial charge in [-0.15, -0.1) is 15.3 Å². The molecule has 10 heteroatoms. The van der Waals surface area contributed by atoms with Crippen LogP contribution >= 0.6 is 11.8 Å². The van der Waals surface area contributed by atoms with E-state index in [2.05, 4.69) is 49.7 Å². The van der Waals surface area contributed by atoms with Crippen molar-refractivity contribution in [3.05, 3.63) is 60.2 Å². The maximum atomic E-state index is 12.6. The van der Waals surface area contributed by atoms with Gasteiger partial charge in [0.15, 0.2) is 5.16 Å². The van der Waals surface area contributed by atoms with E-state index in [0.29, 0.717) is 11.0 Å². The van der Waals surface area contributed by atoms with E-state index >= 15 is 0 Å². The topological polar surface area (TPSA) is 102 Å². The number of carbonyl (C=O) groups is 1. The van der Waals surface area contributed by atoms with Gasteiger partial charge in [-0.3, -0.25) is 14.7 Å². The van der Waals surface area contributed by atoms with Gasteiger partial charge in [-0.25, -0.2) is 0 Å². The van der Waals surface area contributed by atoms with Crippen LogP contribution in [-0.2, 0) is 4.79 Å². The first-order valence-corrected chi connectivity index (χ1v) is 11.7. The minimum atomic E-state index is -0.260. The van der Waals surface area contributed by atoms with Crippen LogP contribution in [0.2, 0.25) is 0 Å². The van der Waals surface area contributed by atoms with Crippen LogP contribution in [0, 0.1) is 6.92 Å². The predicted octanol–water partition coefficient (Wildman–Crippen LogP) is 3.96. The molecule has 0 bridgehead atoms. The number of benzene rings is 2. The Kier molecular flexibility index (Phi) is 6.07. The zero-order valence-electron chi connectivity index (χ0n) is 18.1. The van der Waals surface area contributed by atoms with E-state index in [1.807, 2.05) is 47.0 Å². The number of thioether (sulfide) groups is 1. The van der Waals surface area contributed by atoms with Crippen molar-refractivity contribution >= 4 is 29.6 Å². The number of anilines is 2. The van der Waals surface area contributed by atoms with Crippen molar-refractivity contribution < 1.29 is 9.21 Å². The summed E-state index contributed by atoms with van der Waals surface area (Å²) in [5.41, 5.74) is 2.94. The fraction of sp³-hybridized carbons (Fsp3) is 0.261. The molecule has 0 atom stereocenters. The Balaban J connectivity index is 1.30. The SMILES string of the molecule is Cc1ccc(-n2c(SCC(=O)Nc3nnc(-c4ccccc4)o3)nnc2N2CCCC2)cc1. The lowest BCUT2D eigenvalue weighted by Crippen LogP contribution is -2.22. The molecule has 0 aliphatic carbocycles. The van der Waals surface area contributed by atoms with Crippen LogP contribution in [0.25, 0.3) is 17.1 Å². The van der Waals surface area contributed by atoms with Gasteiger partial charge in [0.05, 0.1) is 11.4 Å². The number of nitrogens with zero attached hydrogens (tertiary/aromatic N) is 6. The minimum Gasteiger partial charge on any atom is -0.403 e. The smallest absolute Gasteiger partial charge is 0.322 e. The molecule has 1 aliphatic rings. The van der Waals surface area contributed by atoms with E-state index in [-0.39, 0.29) is 17.7 Å². The van der Waals surface area contributed by atoms with E-state index in [4.69, 9.17) is 4.42 Å². The Hall–Kier alpha value is -3.66. The minimum absolute atomic E-state index is 0.0669.